The van der Waals surface area contributed by atoms with E-state index < -0.39 is 0 Å². The predicted molar refractivity (Wildman–Crippen MR) is 119 cm³/mol. The van der Waals surface area contributed by atoms with Crippen molar-refractivity contribution in [2.75, 3.05) is 31.8 Å². The van der Waals surface area contributed by atoms with E-state index in [1.807, 2.05) is 24.3 Å². The lowest BCUT2D eigenvalue weighted by Crippen LogP contribution is -2.27. The molecule has 2 amide bonds. The third-order valence-electron chi connectivity index (χ3n) is 4.61. The zero-order valence-electron chi connectivity index (χ0n) is 18.6. The number of ether oxygens (including phenoxy) is 1. The van der Waals surface area contributed by atoms with E-state index in [-0.39, 0.29) is 11.4 Å². The summed E-state index contributed by atoms with van der Waals surface area (Å²) in [4.78, 5) is 13.5. The Labute approximate surface area is 174 Å². The Balaban J connectivity index is 2.34. The van der Waals surface area contributed by atoms with Gasteiger partial charge in [-0.1, -0.05) is 47.0 Å². The number of nitrogens with zero attached hydrogens (tertiary/aromatic N) is 3. The number of hydrogen-bond acceptors (Lipinski definition) is 4. The Hall–Kier alpha value is -2.70. The second kappa shape index (κ2) is 9.67. The lowest BCUT2D eigenvalue weighted by atomic mass is 9.92. The van der Waals surface area contributed by atoms with E-state index >= 15 is 0 Å². The quantitative estimate of drug-likeness (QED) is 0.622. The van der Waals surface area contributed by atoms with Crippen LogP contribution in [0, 0.1) is 0 Å². The average molecular weight is 402 g/mol. The molecule has 1 aromatic carbocycles. The summed E-state index contributed by atoms with van der Waals surface area (Å²) in [6.07, 6.45) is 4.47. The van der Waals surface area contributed by atoms with Gasteiger partial charge in [0.05, 0.1) is 12.3 Å². The van der Waals surface area contributed by atoms with Crippen LogP contribution < -0.4 is 15.8 Å². The lowest BCUT2D eigenvalue weighted by molar-refractivity contribution is 0.230. The van der Waals surface area contributed by atoms with Crippen LogP contribution in [-0.4, -0.2) is 41.4 Å². The van der Waals surface area contributed by atoms with Crippen LogP contribution in [0.3, 0.4) is 0 Å². The van der Waals surface area contributed by atoms with Crippen molar-refractivity contribution in [3.05, 3.63) is 30.0 Å². The molecule has 0 aliphatic carbocycles. The first-order chi connectivity index (χ1) is 13.6. The first-order valence-corrected chi connectivity index (χ1v) is 10.2. The molecule has 29 heavy (non-hydrogen) atoms. The van der Waals surface area contributed by atoms with Crippen LogP contribution in [0.1, 0.15) is 59.1 Å². The van der Waals surface area contributed by atoms with E-state index in [0.717, 1.165) is 24.2 Å². The number of nitrogens with one attached hydrogen (secondary N) is 1. The summed E-state index contributed by atoms with van der Waals surface area (Å²) in [7, 11) is 3.40. The van der Waals surface area contributed by atoms with Crippen molar-refractivity contribution in [1.29, 1.82) is 0 Å². The molecule has 3 N–H and O–H groups in total. The zero-order valence-corrected chi connectivity index (χ0v) is 18.6. The molecule has 2 rings (SSSR count). The summed E-state index contributed by atoms with van der Waals surface area (Å²) in [6, 6.07) is 7.24. The van der Waals surface area contributed by atoms with E-state index in [1.54, 1.807) is 18.8 Å². The minimum absolute atomic E-state index is 0.111. The number of amides is 2. The van der Waals surface area contributed by atoms with Crippen molar-refractivity contribution in [3.8, 4) is 11.4 Å². The van der Waals surface area contributed by atoms with Gasteiger partial charge in [-0.05, 0) is 18.6 Å². The van der Waals surface area contributed by atoms with E-state index in [2.05, 4.69) is 33.0 Å². The Morgan fingerprint density at radius 2 is 1.93 bits per heavy atom. The number of hydrogen-bond donors (Lipinski definition) is 2. The summed E-state index contributed by atoms with van der Waals surface area (Å²) in [5.74, 6) is 1.20. The third-order valence-corrected chi connectivity index (χ3v) is 4.61. The van der Waals surface area contributed by atoms with Crippen molar-refractivity contribution in [2.45, 2.75) is 58.8 Å². The van der Waals surface area contributed by atoms with Crippen LogP contribution in [0.4, 0.5) is 16.3 Å². The molecule has 0 fully saturated rings. The molecule has 0 aliphatic heterocycles. The Bertz CT molecular complexity index is 821. The first kappa shape index (κ1) is 22.6. The van der Waals surface area contributed by atoms with Crippen LogP contribution in [0.2, 0.25) is 0 Å². The summed E-state index contributed by atoms with van der Waals surface area (Å²) in [5.41, 5.74) is 8.49. The van der Waals surface area contributed by atoms with E-state index in [9.17, 15) is 4.79 Å². The van der Waals surface area contributed by atoms with Crippen molar-refractivity contribution in [1.82, 2.24) is 14.7 Å². The molecule has 0 aliphatic rings. The van der Waals surface area contributed by atoms with Crippen LogP contribution in [-0.2, 0) is 5.41 Å². The van der Waals surface area contributed by atoms with Crippen LogP contribution in [0.5, 0.6) is 5.75 Å². The number of nitrogen functional groups attached to an aromatic ring is 1. The number of aromatic nitrogens is 2. The minimum atomic E-state index is -0.194. The summed E-state index contributed by atoms with van der Waals surface area (Å²) in [6.45, 7) is 9.09. The summed E-state index contributed by atoms with van der Waals surface area (Å²) in [5, 5.41) is 7.57. The maximum atomic E-state index is 12.0. The second-order valence-corrected chi connectivity index (χ2v) is 8.53. The molecule has 7 nitrogen and oxygen atoms in total. The van der Waals surface area contributed by atoms with E-state index in [4.69, 9.17) is 15.6 Å². The maximum absolute atomic E-state index is 12.0. The molecule has 0 radical (unpaired) electrons. The van der Waals surface area contributed by atoms with Crippen molar-refractivity contribution >= 4 is 17.5 Å². The molecule has 2 aromatic rings. The summed E-state index contributed by atoms with van der Waals surface area (Å²) >= 11 is 0. The van der Waals surface area contributed by atoms with Gasteiger partial charge in [0.25, 0.3) is 0 Å². The van der Waals surface area contributed by atoms with Crippen LogP contribution in [0.25, 0.3) is 5.69 Å². The largest absolute Gasteiger partial charge is 0.491 e. The molecule has 0 spiro atoms. The Morgan fingerprint density at radius 3 is 2.52 bits per heavy atom. The molecule has 0 saturated heterocycles. The minimum Gasteiger partial charge on any atom is -0.491 e. The number of carbonyl (C=O) groups excluding carboxylic acids is 1. The third kappa shape index (κ3) is 6.14. The van der Waals surface area contributed by atoms with Gasteiger partial charge in [0.2, 0.25) is 0 Å². The highest BCUT2D eigenvalue weighted by molar-refractivity contribution is 5.89. The van der Waals surface area contributed by atoms with Crippen LogP contribution in [0.15, 0.2) is 24.3 Å². The van der Waals surface area contributed by atoms with Crippen molar-refractivity contribution < 1.29 is 9.53 Å². The van der Waals surface area contributed by atoms with Crippen molar-refractivity contribution in [2.24, 2.45) is 0 Å². The predicted octanol–water partition coefficient (Wildman–Crippen LogP) is 4.80. The number of nitrogens with two attached hydrogens (primary N) is 1. The SMILES string of the molecule is CCCCCCOc1cc(NC(=O)N(C)C)ccc1-n1nc(C(C)(C)C)cc1N. The van der Waals surface area contributed by atoms with Gasteiger partial charge in [0, 0.05) is 37.3 Å². The van der Waals surface area contributed by atoms with E-state index in [0.29, 0.717) is 23.9 Å². The fourth-order valence-electron chi connectivity index (χ4n) is 2.78. The van der Waals surface area contributed by atoms with Gasteiger partial charge in [0.1, 0.15) is 17.3 Å². The highest BCUT2D eigenvalue weighted by atomic mass is 16.5. The number of anilines is 2. The molecule has 1 aromatic heterocycles. The van der Waals surface area contributed by atoms with Gasteiger partial charge in [-0.3, -0.25) is 0 Å². The molecular weight excluding hydrogens is 366 g/mol. The number of urea groups is 1. The van der Waals surface area contributed by atoms with Gasteiger partial charge in [-0.25, -0.2) is 9.48 Å². The summed E-state index contributed by atoms with van der Waals surface area (Å²) < 4.78 is 7.80. The zero-order chi connectivity index (χ0) is 21.6. The number of benzene rings is 1. The van der Waals surface area contributed by atoms with Gasteiger partial charge >= 0.3 is 6.03 Å². The molecule has 0 saturated carbocycles. The van der Waals surface area contributed by atoms with Gasteiger partial charge in [0.15, 0.2) is 0 Å². The molecule has 0 bridgehead atoms. The fourth-order valence-corrected chi connectivity index (χ4v) is 2.78. The van der Waals surface area contributed by atoms with Gasteiger partial charge < -0.3 is 20.7 Å². The van der Waals surface area contributed by atoms with Gasteiger partial charge in [-0.15, -0.1) is 0 Å². The fraction of sp³-hybridized carbons (Fsp3) is 0.545. The lowest BCUT2D eigenvalue weighted by Gasteiger charge is -2.17. The number of carbonyl (C=O) groups is 1. The monoisotopic (exact) mass is 401 g/mol. The second-order valence-electron chi connectivity index (χ2n) is 8.53. The number of rotatable bonds is 8. The number of unbranched alkanes of at least 4 members (excludes halogenated alkanes) is 3. The first-order valence-electron chi connectivity index (χ1n) is 10.2. The molecule has 1 heterocycles. The van der Waals surface area contributed by atoms with Gasteiger partial charge in [-0.2, -0.15) is 5.10 Å². The Kier molecular flexibility index (Phi) is 7.53. The van der Waals surface area contributed by atoms with Crippen molar-refractivity contribution in [3.63, 3.8) is 0 Å². The smallest absolute Gasteiger partial charge is 0.321 e. The highest BCUT2D eigenvalue weighted by Gasteiger charge is 2.21. The molecule has 7 heteroatoms. The topological polar surface area (TPSA) is 85.4 Å². The standard InChI is InChI=1S/C22H35N5O2/c1-7-8-9-10-13-29-18-14-16(24-21(28)26(5)6)11-12-17(18)27-20(23)15-19(25-27)22(2,3)4/h11-12,14-15H,7-10,13,23H2,1-6H3,(H,24,28). The normalized spacial score (nSPS) is 11.4. The highest BCUT2D eigenvalue weighted by Crippen LogP contribution is 2.31. The van der Waals surface area contributed by atoms with E-state index in [1.165, 1.54) is 17.7 Å². The molecule has 0 atom stereocenters. The Morgan fingerprint density at radius 1 is 1.21 bits per heavy atom. The molecule has 160 valence electrons. The van der Waals surface area contributed by atoms with Crippen LogP contribution >= 0.6 is 0 Å². The maximum Gasteiger partial charge on any atom is 0.321 e. The average Bonchev–Trinajstić information content (AvgIpc) is 3.03. The molecular formula is C22H35N5O2. The molecule has 0 unspecified atom stereocenters.